The van der Waals surface area contributed by atoms with Gasteiger partial charge in [0.15, 0.2) is 0 Å². The third-order valence-corrected chi connectivity index (χ3v) is 4.33. The smallest absolute Gasteiger partial charge is 0.0330 e. The van der Waals surface area contributed by atoms with Gasteiger partial charge in [-0.15, -0.1) is 11.3 Å². The molecule has 3 heteroatoms. The molecule has 0 spiro atoms. The van der Waals surface area contributed by atoms with Gasteiger partial charge >= 0.3 is 0 Å². The minimum absolute atomic E-state index is 0.642. The maximum atomic E-state index is 3.39. The third-order valence-electron chi connectivity index (χ3n) is 3.47. The summed E-state index contributed by atoms with van der Waals surface area (Å²) in [5, 5.41) is 5.56. The molecule has 0 fully saturated rings. The predicted octanol–water partition coefficient (Wildman–Crippen LogP) is 4.13. The lowest BCUT2D eigenvalue weighted by molar-refractivity contribution is 0.210. The highest BCUT2D eigenvalue weighted by molar-refractivity contribution is 7.09. The van der Waals surface area contributed by atoms with Gasteiger partial charge in [-0.1, -0.05) is 25.8 Å². The molecule has 1 aromatic heterocycles. The van der Waals surface area contributed by atoms with Crippen molar-refractivity contribution in [3.05, 3.63) is 22.4 Å². The number of rotatable bonds is 11. The molecule has 0 bridgehead atoms. The van der Waals surface area contributed by atoms with Gasteiger partial charge in [-0.3, -0.25) is 4.90 Å². The van der Waals surface area contributed by atoms with Gasteiger partial charge in [-0.05, 0) is 57.8 Å². The quantitative estimate of drug-likeness (QED) is 0.614. The van der Waals surface area contributed by atoms with Crippen LogP contribution in [-0.2, 0) is 6.54 Å². The van der Waals surface area contributed by atoms with Crippen LogP contribution < -0.4 is 5.32 Å². The molecule has 1 heterocycles. The van der Waals surface area contributed by atoms with Crippen molar-refractivity contribution in [2.24, 2.45) is 0 Å². The van der Waals surface area contributed by atoms with Gasteiger partial charge in [-0.2, -0.15) is 0 Å². The zero-order chi connectivity index (χ0) is 13.9. The molecule has 2 nitrogen and oxygen atoms in total. The SMILES string of the molecule is CCNCCCCCCN(Cc1cccs1)C(C)C. The summed E-state index contributed by atoms with van der Waals surface area (Å²) in [6.45, 7) is 11.4. The van der Waals surface area contributed by atoms with Crippen LogP contribution in [0.3, 0.4) is 0 Å². The van der Waals surface area contributed by atoms with Crippen molar-refractivity contribution in [3.63, 3.8) is 0 Å². The Kier molecular flexibility index (Phi) is 9.14. The topological polar surface area (TPSA) is 15.3 Å². The van der Waals surface area contributed by atoms with E-state index in [2.05, 4.69) is 48.5 Å². The summed E-state index contributed by atoms with van der Waals surface area (Å²) in [5.41, 5.74) is 0. The van der Waals surface area contributed by atoms with E-state index in [0.717, 1.165) is 13.1 Å². The molecule has 0 aliphatic rings. The molecule has 1 rings (SSSR count). The molecule has 1 aromatic rings. The van der Waals surface area contributed by atoms with E-state index in [4.69, 9.17) is 0 Å². The standard InChI is InChI=1S/C16H30N2S/c1-4-17-11-7-5-6-8-12-18(15(2)3)14-16-10-9-13-19-16/h9-10,13,15,17H,4-8,11-12,14H2,1-3H3. The first kappa shape index (κ1) is 16.7. The second-order valence-corrected chi connectivity index (χ2v) is 6.44. The summed E-state index contributed by atoms with van der Waals surface area (Å²) in [6, 6.07) is 5.04. The first-order valence-electron chi connectivity index (χ1n) is 7.71. The zero-order valence-corrected chi connectivity index (χ0v) is 13.6. The molecule has 0 atom stereocenters. The fourth-order valence-electron chi connectivity index (χ4n) is 2.22. The molecule has 110 valence electrons. The Hall–Kier alpha value is -0.380. The lowest BCUT2D eigenvalue weighted by atomic mass is 10.1. The molecule has 0 aliphatic heterocycles. The van der Waals surface area contributed by atoms with Gasteiger partial charge in [0.05, 0.1) is 0 Å². The monoisotopic (exact) mass is 282 g/mol. The number of unbranched alkanes of at least 4 members (excludes halogenated alkanes) is 3. The molecule has 0 aliphatic carbocycles. The van der Waals surface area contributed by atoms with Crippen LogP contribution in [0.2, 0.25) is 0 Å². The molecule has 1 N–H and O–H groups in total. The van der Waals surface area contributed by atoms with Gasteiger partial charge in [0, 0.05) is 17.5 Å². The number of thiophene rings is 1. The van der Waals surface area contributed by atoms with Crippen molar-refractivity contribution in [2.75, 3.05) is 19.6 Å². The van der Waals surface area contributed by atoms with E-state index >= 15 is 0 Å². The lowest BCUT2D eigenvalue weighted by Crippen LogP contribution is -2.31. The normalized spacial score (nSPS) is 11.6. The highest BCUT2D eigenvalue weighted by Crippen LogP contribution is 2.14. The first-order valence-corrected chi connectivity index (χ1v) is 8.59. The Balaban J connectivity index is 2.12. The summed E-state index contributed by atoms with van der Waals surface area (Å²) in [7, 11) is 0. The van der Waals surface area contributed by atoms with Crippen LogP contribution in [0.1, 0.15) is 51.3 Å². The van der Waals surface area contributed by atoms with Crippen LogP contribution in [-0.4, -0.2) is 30.6 Å². The van der Waals surface area contributed by atoms with Crippen LogP contribution in [0.15, 0.2) is 17.5 Å². The van der Waals surface area contributed by atoms with Crippen molar-refractivity contribution in [3.8, 4) is 0 Å². The van der Waals surface area contributed by atoms with Crippen LogP contribution in [0.5, 0.6) is 0 Å². The van der Waals surface area contributed by atoms with Crippen LogP contribution in [0, 0.1) is 0 Å². The van der Waals surface area contributed by atoms with Crippen LogP contribution in [0.4, 0.5) is 0 Å². The minimum atomic E-state index is 0.642. The number of hydrogen-bond acceptors (Lipinski definition) is 3. The molecule has 0 saturated heterocycles. The number of nitrogens with zero attached hydrogens (tertiary/aromatic N) is 1. The fourth-order valence-corrected chi connectivity index (χ4v) is 2.95. The van der Waals surface area contributed by atoms with Crippen molar-refractivity contribution >= 4 is 11.3 Å². The molecule has 0 radical (unpaired) electrons. The summed E-state index contributed by atoms with van der Waals surface area (Å²) in [5.74, 6) is 0. The van der Waals surface area contributed by atoms with Crippen molar-refractivity contribution in [1.29, 1.82) is 0 Å². The third kappa shape index (κ3) is 7.71. The Morgan fingerprint density at radius 2 is 2.00 bits per heavy atom. The van der Waals surface area contributed by atoms with Gasteiger partial charge < -0.3 is 5.32 Å². The van der Waals surface area contributed by atoms with Gasteiger partial charge in [-0.25, -0.2) is 0 Å². The first-order chi connectivity index (χ1) is 9.24. The summed E-state index contributed by atoms with van der Waals surface area (Å²) in [4.78, 5) is 4.08. The van der Waals surface area contributed by atoms with E-state index in [9.17, 15) is 0 Å². The fraction of sp³-hybridized carbons (Fsp3) is 0.750. The summed E-state index contributed by atoms with van der Waals surface area (Å²) >= 11 is 1.87. The van der Waals surface area contributed by atoms with Crippen LogP contribution in [0.25, 0.3) is 0 Å². The predicted molar refractivity (Wildman–Crippen MR) is 86.9 cm³/mol. The van der Waals surface area contributed by atoms with E-state index in [1.807, 2.05) is 11.3 Å². The molecule has 0 unspecified atom stereocenters. The second kappa shape index (κ2) is 10.4. The van der Waals surface area contributed by atoms with Crippen molar-refractivity contribution in [2.45, 2.75) is 59.0 Å². The summed E-state index contributed by atoms with van der Waals surface area (Å²) < 4.78 is 0. The largest absolute Gasteiger partial charge is 0.317 e. The maximum absolute atomic E-state index is 3.39. The Labute approximate surface area is 123 Å². The average molecular weight is 282 g/mol. The van der Waals surface area contributed by atoms with Gasteiger partial charge in [0.2, 0.25) is 0 Å². The zero-order valence-electron chi connectivity index (χ0n) is 12.8. The molecule has 0 aromatic carbocycles. The van der Waals surface area contributed by atoms with Gasteiger partial charge in [0.25, 0.3) is 0 Å². The highest BCUT2D eigenvalue weighted by atomic mass is 32.1. The van der Waals surface area contributed by atoms with E-state index in [1.165, 1.54) is 43.6 Å². The molecule has 19 heavy (non-hydrogen) atoms. The molecular weight excluding hydrogens is 252 g/mol. The van der Waals surface area contributed by atoms with Crippen molar-refractivity contribution in [1.82, 2.24) is 10.2 Å². The Bertz CT molecular complexity index is 296. The highest BCUT2D eigenvalue weighted by Gasteiger charge is 2.10. The Morgan fingerprint density at radius 1 is 1.21 bits per heavy atom. The van der Waals surface area contributed by atoms with E-state index in [0.29, 0.717) is 6.04 Å². The molecule has 0 saturated carbocycles. The van der Waals surface area contributed by atoms with E-state index in [-0.39, 0.29) is 0 Å². The lowest BCUT2D eigenvalue weighted by Gasteiger charge is -2.25. The Morgan fingerprint density at radius 3 is 2.63 bits per heavy atom. The van der Waals surface area contributed by atoms with E-state index in [1.54, 1.807) is 0 Å². The maximum Gasteiger partial charge on any atom is 0.0330 e. The average Bonchev–Trinajstić information content (AvgIpc) is 2.89. The number of nitrogens with one attached hydrogen (secondary N) is 1. The summed E-state index contributed by atoms with van der Waals surface area (Å²) in [6.07, 6.45) is 5.37. The molecule has 0 amide bonds. The molecular formula is C16H30N2S. The van der Waals surface area contributed by atoms with Crippen molar-refractivity contribution < 1.29 is 0 Å². The minimum Gasteiger partial charge on any atom is -0.317 e. The second-order valence-electron chi connectivity index (χ2n) is 5.41. The van der Waals surface area contributed by atoms with Crippen LogP contribution >= 0.6 is 11.3 Å². The van der Waals surface area contributed by atoms with Gasteiger partial charge in [0.1, 0.15) is 0 Å². The number of hydrogen-bond donors (Lipinski definition) is 1. The van der Waals surface area contributed by atoms with E-state index < -0.39 is 0 Å².